The minimum Gasteiger partial charge on any atom is -0.480 e. The Bertz CT molecular complexity index is 957. The molecule has 4 rings (SSSR count). The SMILES string of the molecule is CC1(C)S[C@@H]2[C@@H](NC(=O)/C(=N\OC3CCCCCCC3)c3csc(N)n3)C(=O)N2[C@H]1C(=O)O. The van der Waals surface area contributed by atoms with E-state index in [0.29, 0.717) is 5.13 Å². The summed E-state index contributed by atoms with van der Waals surface area (Å²) in [6.07, 6.45) is 7.32. The number of β-lactam (4-membered cyclic amide) rings is 1. The molecule has 180 valence electrons. The summed E-state index contributed by atoms with van der Waals surface area (Å²) in [7, 11) is 0. The van der Waals surface area contributed by atoms with Gasteiger partial charge in [-0.05, 0) is 39.5 Å². The molecule has 4 N–H and O–H groups in total. The highest BCUT2D eigenvalue weighted by Crippen LogP contribution is 2.50. The van der Waals surface area contributed by atoms with Crippen LogP contribution in [0.5, 0.6) is 0 Å². The molecule has 1 saturated carbocycles. The number of rotatable bonds is 6. The number of aromatic nitrogens is 1. The van der Waals surface area contributed by atoms with Crippen molar-refractivity contribution in [3.8, 4) is 0 Å². The van der Waals surface area contributed by atoms with E-state index in [-0.39, 0.29) is 17.5 Å². The van der Waals surface area contributed by atoms with Gasteiger partial charge in [0.05, 0.1) is 0 Å². The zero-order valence-electron chi connectivity index (χ0n) is 18.7. The number of anilines is 1. The molecule has 3 fully saturated rings. The standard InChI is InChI=1S/C21H29N5O5S2/c1-21(2)15(19(29)30)26-17(28)14(18(26)33-21)24-16(27)13(12-10-32-20(22)23-12)25-31-11-8-6-4-3-5-7-9-11/h10-11,14-15,18H,3-9H2,1-2H3,(H2,22,23)(H,24,27)(H,29,30)/b25-13-/t14-,15-,18+/m0/s1. The van der Waals surface area contributed by atoms with Crippen molar-refractivity contribution in [2.24, 2.45) is 5.16 Å². The summed E-state index contributed by atoms with van der Waals surface area (Å²) in [6.45, 7) is 3.57. The summed E-state index contributed by atoms with van der Waals surface area (Å²) in [5.41, 5.74) is 6.01. The summed E-state index contributed by atoms with van der Waals surface area (Å²) in [5.74, 6) is -2.07. The normalized spacial score (nSPS) is 27.8. The fourth-order valence-corrected chi connectivity index (χ4v) is 6.78. The number of nitrogens with two attached hydrogens (primary N) is 1. The lowest BCUT2D eigenvalue weighted by Crippen LogP contribution is -2.71. The van der Waals surface area contributed by atoms with Crippen molar-refractivity contribution in [2.45, 2.75) is 87.1 Å². The van der Waals surface area contributed by atoms with Gasteiger partial charge < -0.3 is 25.9 Å². The molecule has 0 aromatic carbocycles. The Morgan fingerprint density at radius 3 is 2.55 bits per heavy atom. The number of nitrogens with zero attached hydrogens (tertiary/aromatic N) is 3. The summed E-state index contributed by atoms with van der Waals surface area (Å²) in [4.78, 5) is 48.9. The largest absolute Gasteiger partial charge is 0.480 e. The smallest absolute Gasteiger partial charge is 0.327 e. The number of carboxylic acids is 1. The van der Waals surface area contributed by atoms with E-state index in [1.807, 2.05) is 0 Å². The van der Waals surface area contributed by atoms with E-state index >= 15 is 0 Å². The van der Waals surface area contributed by atoms with Gasteiger partial charge in [-0.2, -0.15) is 0 Å². The summed E-state index contributed by atoms with van der Waals surface area (Å²) in [5, 5.41) is 17.9. The monoisotopic (exact) mass is 495 g/mol. The number of carbonyl (C=O) groups excluding carboxylic acids is 2. The first-order chi connectivity index (χ1) is 15.7. The molecule has 3 aliphatic rings. The van der Waals surface area contributed by atoms with Gasteiger partial charge in [-0.15, -0.1) is 23.1 Å². The summed E-state index contributed by atoms with van der Waals surface area (Å²) < 4.78 is -0.673. The maximum atomic E-state index is 13.2. The van der Waals surface area contributed by atoms with Crippen LogP contribution in [0, 0.1) is 0 Å². The lowest BCUT2D eigenvalue weighted by molar-refractivity contribution is -0.160. The maximum absolute atomic E-state index is 13.2. The second-order valence-corrected chi connectivity index (χ2v) is 11.8. The van der Waals surface area contributed by atoms with Crippen LogP contribution in [0.25, 0.3) is 0 Å². The minimum absolute atomic E-state index is 0.0340. The molecule has 3 heterocycles. The zero-order chi connectivity index (χ0) is 23.8. The Kier molecular flexibility index (Phi) is 6.85. The molecule has 0 spiro atoms. The van der Waals surface area contributed by atoms with Crippen LogP contribution in [0.2, 0.25) is 0 Å². The van der Waals surface area contributed by atoms with Gasteiger partial charge in [0.15, 0.2) is 10.8 Å². The predicted molar refractivity (Wildman–Crippen MR) is 126 cm³/mol. The third-order valence-corrected chi connectivity index (χ3v) is 8.53. The van der Waals surface area contributed by atoms with Gasteiger partial charge in [-0.3, -0.25) is 9.59 Å². The Morgan fingerprint density at radius 2 is 1.94 bits per heavy atom. The number of carbonyl (C=O) groups is 3. The van der Waals surface area contributed by atoms with E-state index in [2.05, 4.69) is 15.5 Å². The second-order valence-electron chi connectivity index (χ2n) is 9.13. The average molecular weight is 496 g/mol. The van der Waals surface area contributed by atoms with Gasteiger partial charge in [0.1, 0.15) is 29.3 Å². The molecule has 1 aromatic rings. The van der Waals surface area contributed by atoms with Crippen molar-refractivity contribution < 1.29 is 24.3 Å². The maximum Gasteiger partial charge on any atom is 0.327 e. The van der Waals surface area contributed by atoms with E-state index in [1.165, 1.54) is 34.4 Å². The number of thioether (sulfide) groups is 1. The Labute approximate surface area is 200 Å². The van der Waals surface area contributed by atoms with Crippen LogP contribution in [0.4, 0.5) is 5.13 Å². The fraction of sp³-hybridized carbons (Fsp3) is 0.667. The number of oxime groups is 1. The molecule has 0 radical (unpaired) electrons. The van der Waals surface area contributed by atoms with Gasteiger partial charge in [-0.25, -0.2) is 9.78 Å². The van der Waals surface area contributed by atoms with Gasteiger partial charge in [0.25, 0.3) is 5.91 Å². The molecule has 0 bridgehead atoms. The molecular weight excluding hydrogens is 466 g/mol. The topological polar surface area (TPSA) is 147 Å². The zero-order valence-corrected chi connectivity index (χ0v) is 20.3. The third kappa shape index (κ3) is 4.81. The Hall–Kier alpha value is -2.34. The highest BCUT2D eigenvalue weighted by Gasteiger charge is 2.64. The number of hydrogen-bond acceptors (Lipinski definition) is 9. The quantitative estimate of drug-likeness (QED) is 0.309. The van der Waals surface area contributed by atoms with Gasteiger partial charge in [0.2, 0.25) is 5.91 Å². The Balaban J connectivity index is 1.49. The molecule has 2 amide bonds. The van der Waals surface area contributed by atoms with Crippen LogP contribution >= 0.6 is 23.1 Å². The van der Waals surface area contributed by atoms with Crippen molar-refractivity contribution in [3.05, 3.63) is 11.1 Å². The molecule has 1 aliphatic carbocycles. The summed E-state index contributed by atoms with van der Waals surface area (Å²) >= 11 is 2.55. The van der Waals surface area contributed by atoms with E-state index < -0.39 is 40.0 Å². The second kappa shape index (κ2) is 9.49. The number of hydrogen-bond donors (Lipinski definition) is 3. The number of amides is 2. The number of carboxylic acid groups (broad SMARTS) is 1. The molecule has 2 aliphatic heterocycles. The highest BCUT2D eigenvalue weighted by atomic mass is 32.2. The van der Waals surface area contributed by atoms with Crippen LogP contribution in [0.1, 0.15) is 64.5 Å². The molecule has 12 heteroatoms. The average Bonchev–Trinajstić information content (AvgIpc) is 3.26. The molecule has 2 saturated heterocycles. The number of fused-ring (bicyclic) bond motifs is 1. The highest BCUT2D eigenvalue weighted by molar-refractivity contribution is 8.01. The number of nitrogens with one attached hydrogen (secondary N) is 1. The molecule has 3 atom stereocenters. The van der Waals surface area contributed by atoms with Crippen LogP contribution in [-0.4, -0.2) is 66.8 Å². The number of aliphatic carboxylic acids is 1. The molecular formula is C21H29N5O5S2. The third-order valence-electron chi connectivity index (χ3n) is 6.29. The number of thiazole rings is 1. The van der Waals surface area contributed by atoms with Gasteiger partial charge in [-0.1, -0.05) is 24.4 Å². The van der Waals surface area contributed by atoms with Crippen LogP contribution in [0.3, 0.4) is 0 Å². The molecule has 33 heavy (non-hydrogen) atoms. The van der Waals surface area contributed by atoms with Crippen LogP contribution in [0.15, 0.2) is 10.5 Å². The van der Waals surface area contributed by atoms with E-state index in [4.69, 9.17) is 10.6 Å². The lowest BCUT2D eigenvalue weighted by Gasteiger charge is -2.43. The van der Waals surface area contributed by atoms with Crippen molar-refractivity contribution >= 4 is 51.7 Å². The minimum atomic E-state index is -1.05. The van der Waals surface area contributed by atoms with Crippen LogP contribution < -0.4 is 11.1 Å². The molecule has 1 aromatic heterocycles. The first-order valence-electron chi connectivity index (χ1n) is 11.2. The van der Waals surface area contributed by atoms with Crippen molar-refractivity contribution in [1.29, 1.82) is 0 Å². The Morgan fingerprint density at radius 1 is 1.27 bits per heavy atom. The predicted octanol–water partition coefficient (Wildman–Crippen LogP) is 2.19. The van der Waals surface area contributed by atoms with E-state index in [9.17, 15) is 19.5 Å². The van der Waals surface area contributed by atoms with Crippen LogP contribution in [-0.2, 0) is 19.2 Å². The molecule has 0 unspecified atom stereocenters. The van der Waals surface area contributed by atoms with E-state index in [0.717, 1.165) is 38.5 Å². The molecule has 10 nitrogen and oxygen atoms in total. The van der Waals surface area contributed by atoms with Gasteiger partial charge in [0, 0.05) is 10.1 Å². The first kappa shape index (κ1) is 23.8. The van der Waals surface area contributed by atoms with Crippen molar-refractivity contribution in [3.63, 3.8) is 0 Å². The fourth-order valence-electron chi connectivity index (χ4n) is 4.61. The first-order valence-corrected chi connectivity index (χ1v) is 12.9. The van der Waals surface area contributed by atoms with Gasteiger partial charge >= 0.3 is 5.97 Å². The van der Waals surface area contributed by atoms with Crippen molar-refractivity contribution in [1.82, 2.24) is 15.2 Å². The lowest BCUT2D eigenvalue weighted by atomic mass is 9.96. The summed E-state index contributed by atoms with van der Waals surface area (Å²) in [6, 6.07) is -1.78. The number of nitrogen functional groups attached to an aromatic ring is 1. The van der Waals surface area contributed by atoms with Crippen molar-refractivity contribution in [2.75, 3.05) is 5.73 Å². The van der Waals surface area contributed by atoms with E-state index in [1.54, 1.807) is 19.2 Å².